The zero-order valence-corrected chi connectivity index (χ0v) is 22.8. The lowest BCUT2D eigenvalue weighted by molar-refractivity contribution is 0.0935. The van der Waals surface area contributed by atoms with Gasteiger partial charge in [-0.2, -0.15) is 0 Å². The van der Waals surface area contributed by atoms with E-state index < -0.39 is 10.0 Å². The zero-order chi connectivity index (χ0) is 25.9. The molecule has 0 heterocycles. The maximum absolute atomic E-state index is 13.0. The van der Waals surface area contributed by atoms with Gasteiger partial charge in [0.2, 0.25) is 10.0 Å². The number of rotatable bonds is 8. The Kier molecular flexibility index (Phi) is 8.28. The lowest BCUT2D eigenvalue weighted by atomic mass is 9.88. The highest BCUT2D eigenvalue weighted by atomic mass is 35.5. The molecule has 3 aromatic rings. The number of aryl methyl sites for hydroxylation is 2. The second kappa shape index (κ2) is 11.2. The summed E-state index contributed by atoms with van der Waals surface area (Å²) in [6, 6.07) is 18.1. The van der Waals surface area contributed by atoms with Crippen molar-refractivity contribution in [2.75, 3.05) is 10.6 Å². The first kappa shape index (κ1) is 26.5. The van der Waals surface area contributed by atoms with E-state index in [1.54, 1.807) is 42.5 Å². The fourth-order valence-electron chi connectivity index (χ4n) is 4.64. The molecule has 4 rings (SSSR count). The number of amides is 1. The number of carbonyl (C=O) groups excluding carboxylic acids is 1. The summed E-state index contributed by atoms with van der Waals surface area (Å²) in [6.07, 6.45) is 6.61. The third-order valence-corrected chi connectivity index (χ3v) is 8.14. The number of sulfonamides is 1. The van der Waals surface area contributed by atoms with Gasteiger partial charge in [0, 0.05) is 15.6 Å². The second-order valence-corrected chi connectivity index (χ2v) is 12.0. The molecule has 1 aliphatic rings. The molecule has 8 heteroatoms. The smallest absolute Gasteiger partial charge is 0.251 e. The van der Waals surface area contributed by atoms with Crippen LogP contribution in [0, 0.1) is 0 Å². The van der Waals surface area contributed by atoms with Gasteiger partial charge in [-0.3, -0.25) is 9.10 Å². The lowest BCUT2D eigenvalue weighted by Crippen LogP contribution is -2.30. The number of hydrogen-bond donors (Lipinski definition) is 1. The van der Waals surface area contributed by atoms with Gasteiger partial charge in [-0.25, -0.2) is 8.42 Å². The molecule has 0 fully saturated rings. The van der Waals surface area contributed by atoms with E-state index in [1.165, 1.54) is 28.3 Å². The van der Waals surface area contributed by atoms with Crippen LogP contribution in [-0.2, 0) is 29.4 Å². The summed E-state index contributed by atoms with van der Waals surface area (Å²) in [5.74, 6) is -0.160. The molecular formula is C28H30Cl2N2O3S. The molecule has 0 radical (unpaired) electrons. The van der Waals surface area contributed by atoms with E-state index in [9.17, 15) is 13.2 Å². The normalized spacial score (nSPS) is 14.1. The summed E-state index contributed by atoms with van der Waals surface area (Å²) in [5.41, 5.74) is 5.58. The van der Waals surface area contributed by atoms with Crippen LogP contribution in [0.1, 0.15) is 64.8 Å². The molecule has 0 bridgehead atoms. The first-order chi connectivity index (χ1) is 17.1. The van der Waals surface area contributed by atoms with Gasteiger partial charge < -0.3 is 5.32 Å². The average molecular weight is 546 g/mol. The Bertz CT molecular complexity index is 1340. The maximum atomic E-state index is 13.0. The van der Waals surface area contributed by atoms with Crippen molar-refractivity contribution < 1.29 is 13.2 Å². The zero-order valence-electron chi connectivity index (χ0n) is 20.4. The van der Waals surface area contributed by atoms with E-state index in [1.807, 2.05) is 0 Å². The Balaban J connectivity index is 1.48. The summed E-state index contributed by atoms with van der Waals surface area (Å²) in [4.78, 5) is 13.0. The summed E-state index contributed by atoms with van der Waals surface area (Å²) in [6.45, 7) is 2.15. The van der Waals surface area contributed by atoms with Crippen molar-refractivity contribution >= 4 is 44.8 Å². The van der Waals surface area contributed by atoms with Crippen LogP contribution in [0.2, 0.25) is 10.0 Å². The third-order valence-electron chi connectivity index (χ3n) is 6.57. The molecule has 0 aliphatic heterocycles. The number of carbonyl (C=O) groups is 1. The van der Waals surface area contributed by atoms with Gasteiger partial charge in [0.05, 0.1) is 24.5 Å². The van der Waals surface area contributed by atoms with Crippen LogP contribution in [-0.4, -0.2) is 20.6 Å². The minimum Gasteiger partial charge on any atom is -0.345 e. The van der Waals surface area contributed by atoms with Crippen molar-refractivity contribution in [3.8, 4) is 0 Å². The lowest BCUT2D eigenvalue weighted by Gasteiger charge is -2.23. The van der Waals surface area contributed by atoms with E-state index in [0.717, 1.165) is 36.6 Å². The molecule has 0 aromatic heterocycles. The van der Waals surface area contributed by atoms with Gasteiger partial charge >= 0.3 is 0 Å². The van der Waals surface area contributed by atoms with Crippen LogP contribution < -0.4 is 9.62 Å². The first-order valence-corrected chi connectivity index (χ1v) is 14.7. The Labute approximate surface area is 223 Å². The first-order valence-electron chi connectivity index (χ1n) is 12.1. The molecule has 1 aliphatic carbocycles. The van der Waals surface area contributed by atoms with Crippen LogP contribution in [0.25, 0.3) is 0 Å². The molecule has 1 amide bonds. The van der Waals surface area contributed by atoms with Gasteiger partial charge in [0.1, 0.15) is 0 Å². The minimum absolute atomic E-state index is 0.0716. The summed E-state index contributed by atoms with van der Waals surface area (Å²) in [5, 5.41) is 3.85. The molecular weight excluding hydrogens is 515 g/mol. The summed E-state index contributed by atoms with van der Waals surface area (Å²) >= 11 is 12.2. The second-order valence-electron chi connectivity index (χ2n) is 9.26. The highest BCUT2D eigenvalue weighted by Crippen LogP contribution is 2.29. The maximum Gasteiger partial charge on any atom is 0.251 e. The van der Waals surface area contributed by atoms with E-state index in [-0.39, 0.29) is 18.5 Å². The average Bonchev–Trinajstić information content (AvgIpc) is 2.84. The van der Waals surface area contributed by atoms with Crippen molar-refractivity contribution in [2.45, 2.75) is 51.6 Å². The van der Waals surface area contributed by atoms with E-state index in [4.69, 9.17) is 23.2 Å². The quantitative estimate of drug-likeness (QED) is 0.342. The van der Waals surface area contributed by atoms with Crippen molar-refractivity contribution in [3.05, 3.63) is 98.5 Å². The minimum atomic E-state index is -3.60. The summed E-state index contributed by atoms with van der Waals surface area (Å²) in [7, 11) is -3.60. The van der Waals surface area contributed by atoms with Gasteiger partial charge in [0.15, 0.2) is 0 Å². The molecule has 36 heavy (non-hydrogen) atoms. The highest BCUT2D eigenvalue weighted by molar-refractivity contribution is 7.92. The molecule has 1 N–H and O–H groups in total. The number of nitrogens with zero attached hydrogens (tertiary/aromatic N) is 1. The standard InChI is InChI=1S/C28H30Cl2N2O3S/c1-3-27(23-13-12-20-6-4-5-7-22(20)14-23)31-28(33)21-10-8-19(9-11-21)18-32(36(2,34)35)26-16-24(29)15-25(30)17-26/h8-17,27H,3-7,18H2,1-2H3,(H,31,33)/t27-/m1/s1. The van der Waals surface area contributed by atoms with Crippen LogP contribution >= 0.6 is 23.2 Å². The van der Waals surface area contributed by atoms with Crippen LogP contribution in [0.5, 0.6) is 0 Å². The SMILES string of the molecule is CC[C@@H](NC(=O)c1ccc(CN(c2cc(Cl)cc(Cl)c2)S(C)(=O)=O)cc1)c1ccc2c(c1)CCCC2. The Morgan fingerprint density at radius 2 is 1.58 bits per heavy atom. The van der Waals surface area contributed by atoms with Gasteiger partial charge in [0.25, 0.3) is 5.91 Å². The van der Waals surface area contributed by atoms with E-state index in [2.05, 4.69) is 30.4 Å². The molecule has 3 aromatic carbocycles. The van der Waals surface area contributed by atoms with Gasteiger partial charge in [-0.1, -0.05) is 60.5 Å². The van der Waals surface area contributed by atoms with Crippen molar-refractivity contribution in [1.29, 1.82) is 0 Å². The molecule has 0 saturated carbocycles. The van der Waals surface area contributed by atoms with Crippen LogP contribution in [0.4, 0.5) is 5.69 Å². The monoisotopic (exact) mass is 544 g/mol. The van der Waals surface area contributed by atoms with Gasteiger partial charge in [-0.05, 0) is 84.7 Å². The summed E-state index contributed by atoms with van der Waals surface area (Å²) < 4.78 is 26.2. The van der Waals surface area contributed by atoms with Crippen molar-refractivity contribution in [1.82, 2.24) is 5.32 Å². The number of anilines is 1. The molecule has 0 saturated heterocycles. The van der Waals surface area contributed by atoms with Crippen molar-refractivity contribution in [3.63, 3.8) is 0 Å². The number of nitrogens with one attached hydrogen (secondary N) is 1. The number of benzene rings is 3. The van der Waals surface area contributed by atoms with E-state index in [0.29, 0.717) is 21.3 Å². The fourth-order valence-corrected chi connectivity index (χ4v) is 6.03. The van der Waals surface area contributed by atoms with E-state index >= 15 is 0 Å². The Morgan fingerprint density at radius 3 is 2.19 bits per heavy atom. The van der Waals surface area contributed by atoms with Gasteiger partial charge in [-0.15, -0.1) is 0 Å². The number of halogens is 2. The van der Waals surface area contributed by atoms with Crippen molar-refractivity contribution in [2.24, 2.45) is 0 Å². The molecule has 5 nitrogen and oxygen atoms in total. The molecule has 0 unspecified atom stereocenters. The third kappa shape index (κ3) is 6.41. The molecule has 0 spiro atoms. The predicted molar refractivity (Wildman–Crippen MR) is 148 cm³/mol. The largest absolute Gasteiger partial charge is 0.345 e. The highest BCUT2D eigenvalue weighted by Gasteiger charge is 2.20. The number of fused-ring (bicyclic) bond motifs is 1. The number of hydrogen-bond acceptors (Lipinski definition) is 3. The Hall–Kier alpha value is -2.54. The molecule has 190 valence electrons. The predicted octanol–water partition coefficient (Wildman–Crippen LogP) is 6.72. The fraction of sp³-hybridized carbons (Fsp3) is 0.321. The Morgan fingerprint density at radius 1 is 0.944 bits per heavy atom. The molecule has 1 atom stereocenters. The van der Waals surface area contributed by atoms with Crippen LogP contribution in [0.3, 0.4) is 0 Å². The van der Waals surface area contributed by atoms with Crippen LogP contribution in [0.15, 0.2) is 60.7 Å². The topological polar surface area (TPSA) is 66.5 Å².